The molecule has 0 aliphatic heterocycles. The highest BCUT2D eigenvalue weighted by Crippen LogP contribution is 2.39. The molecule has 8 heteroatoms. The van der Waals surface area contributed by atoms with Crippen LogP contribution in [0.4, 0.5) is 5.00 Å². The third-order valence-corrected chi connectivity index (χ3v) is 6.16. The molecule has 28 heavy (non-hydrogen) atoms. The summed E-state index contributed by atoms with van der Waals surface area (Å²) >= 11 is 1.43. The highest BCUT2D eigenvalue weighted by atomic mass is 32.1. The number of aryl methyl sites for hydroxylation is 3. The minimum Gasteiger partial charge on any atom is -0.465 e. The van der Waals surface area contributed by atoms with Crippen molar-refractivity contribution in [2.45, 2.75) is 39.5 Å². The van der Waals surface area contributed by atoms with E-state index in [4.69, 9.17) is 13.7 Å². The number of carbonyl (C=O) groups is 2. The number of nitrogens with one attached hydrogen (secondary N) is 1. The molecule has 1 aliphatic rings. The predicted octanol–water partition coefficient (Wildman–Crippen LogP) is 4.06. The van der Waals surface area contributed by atoms with Crippen LogP contribution < -0.4 is 5.32 Å². The van der Waals surface area contributed by atoms with E-state index < -0.39 is 11.9 Å². The second-order valence-electron chi connectivity index (χ2n) is 6.75. The van der Waals surface area contributed by atoms with Gasteiger partial charge in [-0.2, -0.15) is 0 Å². The number of ether oxygens (including phenoxy) is 1. The van der Waals surface area contributed by atoms with Crippen LogP contribution in [0.3, 0.4) is 0 Å². The number of thiophene rings is 1. The highest BCUT2D eigenvalue weighted by molar-refractivity contribution is 7.17. The number of nitrogens with zero attached hydrogens (tertiary/aromatic N) is 1. The molecule has 0 fully saturated rings. The van der Waals surface area contributed by atoms with E-state index in [2.05, 4.69) is 10.5 Å². The van der Waals surface area contributed by atoms with Gasteiger partial charge in [0.2, 0.25) is 0 Å². The Hall–Kier alpha value is -2.87. The molecule has 1 N–H and O–H groups in total. The summed E-state index contributed by atoms with van der Waals surface area (Å²) in [7, 11) is 1.35. The Bertz CT molecular complexity index is 1040. The van der Waals surface area contributed by atoms with Gasteiger partial charge in [-0.1, -0.05) is 5.16 Å². The highest BCUT2D eigenvalue weighted by Gasteiger charge is 2.28. The zero-order valence-corrected chi connectivity index (χ0v) is 16.7. The van der Waals surface area contributed by atoms with Crippen molar-refractivity contribution < 1.29 is 23.3 Å². The lowest BCUT2D eigenvalue weighted by Crippen LogP contribution is -2.14. The molecule has 0 radical (unpaired) electrons. The fourth-order valence-electron chi connectivity index (χ4n) is 3.50. The first-order valence-electron chi connectivity index (χ1n) is 9.02. The van der Waals surface area contributed by atoms with Crippen molar-refractivity contribution in [2.24, 2.45) is 0 Å². The van der Waals surface area contributed by atoms with Crippen LogP contribution >= 0.6 is 11.3 Å². The molecule has 0 atom stereocenters. The third-order valence-electron chi connectivity index (χ3n) is 4.96. The van der Waals surface area contributed by atoms with Crippen LogP contribution in [0.1, 0.15) is 60.6 Å². The molecule has 0 bridgehead atoms. The van der Waals surface area contributed by atoms with Gasteiger partial charge in [0, 0.05) is 16.9 Å². The Morgan fingerprint density at radius 2 is 2.11 bits per heavy atom. The van der Waals surface area contributed by atoms with Gasteiger partial charge in [0.25, 0.3) is 5.91 Å². The van der Waals surface area contributed by atoms with E-state index in [1.807, 2.05) is 13.8 Å². The van der Waals surface area contributed by atoms with Gasteiger partial charge in [-0.3, -0.25) is 4.79 Å². The van der Waals surface area contributed by atoms with Crippen LogP contribution in [-0.2, 0) is 24.0 Å². The molecule has 146 valence electrons. The minimum atomic E-state index is -0.423. The second kappa shape index (κ2) is 7.27. The number of fused-ring (bicyclic) bond motifs is 1. The summed E-state index contributed by atoms with van der Waals surface area (Å²) in [6.07, 6.45) is 3.26. The van der Waals surface area contributed by atoms with Gasteiger partial charge in [0.15, 0.2) is 5.76 Å². The zero-order valence-electron chi connectivity index (χ0n) is 15.9. The fourth-order valence-corrected chi connectivity index (χ4v) is 4.77. The summed E-state index contributed by atoms with van der Waals surface area (Å²) in [4.78, 5) is 26.0. The van der Waals surface area contributed by atoms with Gasteiger partial charge in [-0.05, 0) is 50.8 Å². The molecule has 1 amide bonds. The predicted molar refractivity (Wildman–Crippen MR) is 103 cm³/mol. The summed E-state index contributed by atoms with van der Waals surface area (Å²) < 4.78 is 15.8. The molecule has 0 saturated heterocycles. The van der Waals surface area contributed by atoms with Gasteiger partial charge < -0.3 is 19.0 Å². The maximum Gasteiger partial charge on any atom is 0.341 e. The van der Waals surface area contributed by atoms with Crippen molar-refractivity contribution in [3.8, 4) is 0 Å². The number of amides is 1. The normalized spacial score (nSPS) is 12.8. The topological polar surface area (TPSA) is 94.6 Å². The lowest BCUT2D eigenvalue weighted by molar-refractivity contribution is 0.0601. The summed E-state index contributed by atoms with van der Waals surface area (Å²) in [6.45, 7) is 3.71. The van der Waals surface area contributed by atoms with E-state index in [1.54, 1.807) is 12.1 Å². The molecule has 3 heterocycles. The van der Waals surface area contributed by atoms with Gasteiger partial charge in [0.1, 0.15) is 16.5 Å². The van der Waals surface area contributed by atoms with E-state index in [1.165, 1.54) is 18.4 Å². The minimum absolute atomic E-state index is 0.186. The van der Waals surface area contributed by atoms with Gasteiger partial charge in [-0.15, -0.1) is 11.3 Å². The first-order valence-corrected chi connectivity index (χ1v) is 9.84. The van der Waals surface area contributed by atoms with Crippen LogP contribution in [0.5, 0.6) is 0 Å². The number of rotatable bonds is 5. The summed E-state index contributed by atoms with van der Waals surface area (Å²) in [6, 6.07) is 3.39. The number of carbonyl (C=O) groups excluding carboxylic acids is 2. The zero-order chi connectivity index (χ0) is 19.8. The standard InChI is InChI=1S/C20H20N2O5S/c1-10-14(11(2)27-22-10)9-12-7-8-15(26-12)18(23)21-19-17(20(24)25-3)13-5-4-6-16(13)28-19/h7-8H,4-6,9H2,1-3H3,(H,21,23). The Balaban J connectivity index is 1.54. The van der Waals surface area contributed by atoms with E-state index >= 15 is 0 Å². The Labute approximate surface area is 165 Å². The largest absolute Gasteiger partial charge is 0.465 e. The first-order chi connectivity index (χ1) is 13.5. The van der Waals surface area contributed by atoms with Crippen molar-refractivity contribution in [3.05, 3.63) is 56.7 Å². The van der Waals surface area contributed by atoms with Gasteiger partial charge in [-0.25, -0.2) is 4.79 Å². The summed E-state index contributed by atoms with van der Waals surface area (Å²) in [5.41, 5.74) is 3.21. The molecule has 1 aliphatic carbocycles. The molecule has 0 spiro atoms. The number of furan rings is 1. The molecule has 4 rings (SSSR count). The fraction of sp³-hybridized carbons (Fsp3) is 0.350. The van der Waals surface area contributed by atoms with Crippen molar-refractivity contribution in [1.29, 1.82) is 0 Å². The number of hydrogen-bond acceptors (Lipinski definition) is 7. The number of aromatic nitrogens is 1. The monoisotopic (exact) mass is 400 g/mol. The average Bonchev–Trinajstić information content (AvgIpc) is 3.43. The van der Waals surface area contributed by atoms with Crippen LogP contribution in [0.15, 0.2) is 21.1 Å². The molecular weight excluding hydrogens is 380 g/mol. The third kappa shape index (κ3) is 3.24. The SMILES string of the molecule is COC(=O)c1c(NC(=O)c2ccc(Cc3c(C)noc3C)o2)sc2c1CCC2. The van der Waals surface area contributed by atoms with Gasteiger partial charge >= 0.3 is 5.97 Å². The lowest BCUT2D eigenvalue weighted by atomic mass is 10.1. The van der Waals surface area contributed by atoms with Crippen molar-refractivity contribution in [1.82, 2.24) is 5.16 Å². The van der Waals surface area contributed by atoms with Crippen molar-refractivity contribution >= 4 is 28.2 Å². The summed E-state index contributed by atoms with van der Waals surface area (Å²) in [5, 5.41) is 7.27. The van der Waals surface area contributed by atoms with Crippen LogP contribution in [0.25, 0.3) is 0 Å². The van der Waals surface area contributed by atoms with Crippen LogP contribution in [-0.4, -0.2) is 24.1 Å². The Morgan fingerprint density at radius 3 is 2.82 bits per heavy atom. The van der Waals surface area contributed by atoms with E-state index in [9.17, 15) is 9.59 Å². The van der Waals surface area contributed by atoms with Crippen molar-refractivity contribution in [3.63, 3.8) is 0 Å². The molecule has 0 aromatic carbocycles. The molecule has 3 aromatic rings. The molecule has 3 aromatic heterocycles. The van der Waals surface area contributed by atoms with Gasteiger partial charge in [0.05, 0.1) is 18.4 Å². The number of anilines is 1. The van der Waals surface area contributed by atoms with E-state index in [0.29, 0.717) is 22.7 Å². The van der Waals surface area contributed by atoms with E-state index in [-0.39, 0.29) is 5.76 Å². The number of hydrogen-bond donors (Lipinski definition) is 1. The number of methoxy groups -OCH3 is 1. The molecule has 0 saturated carbocycles. The molecular formula is C20H20N2O5S. The Morgan fingerprint density at radius 1 is 1.29 bits per heavy atom. The maximum atomic E-state index is 12.7. The van der Waals surface area contributed by atoms with Crippen LogP contribution in [0, 0.1) is 13.8 Å². The summed E-state index contributed by atoms with van der Waals surface area (Å²) in [5.74, 6) is 0.742. The first kappa shape index (κ1) is 18.5. The Kier molecular flexibility index (Phi) is 4.80. The number of esters is 1. The molecule has 0 unspecified atom stereocenters. The van der Waals surface area contributed by atoms with Crippen LogP contribution in [0.2, 0.25) is 0 Å². The lowest BCUT2D eigenvalue weighted by Gasteiger charge is -2.05. The average molecular weight is 400 g/mol. The molecule has 7 nitrogen and oxygen atoms in total. The van der Waals surface area contributed by atoms with E-state index in [0.717, 1.165) is 46.7 Å². The van der Waals surface area contributed by atoms with Crippen molar-refractivity contribution in [2.75, 3.05) is 12.4 Å². The second-order valence-corrected chi connectivity index (χ2v) is 7.86. The smallest absolute Gasteiger partial charge is 0.341 e. The maximum absolute atomic E-state index is 12.7. The quantitative estimate of drug-likeness (QED) is 0.649.